The van der Waals surface area contributed by atoms with E-state index in [1.165, 1.54) is 16.7 Å². The number of ether oxygens (including phenoxy) is 1. The van der Waals surface area contributed by atoms with E-state index in [0.29, 0.717) is 6.61 Å². The molecule has 1 aromatic heterocycles. The van der Waals surface area contributed by atoms with Crippen molar-refractivity contribution in [3.05, 3.63) is 64.4 Å². The smallest absolute Gasteiger partial charge is 0.173 e. The van der Waals surface area contributed by atoms with Crippen molar-refractivity contribution in [3.63, 3.8) is 0 Å². The van der Waals surface area contributed by atoms with Crippen molar-refractivity contribution in [3.8, 4) is 5.75 Å². The molecule has 1 aliphatic heterocycles. The highest BCUT2D eigenvalue weighted by Gasteiger charge is 2.24. The second kappa shape index (κ2) is 4.73. The van der Waals surface area contributed by atoms with Gasteiger partial charge in [-0.1, -0.05) is 35.5 Å². The first-order chi connectivity index (χ1) is 10.7. The third kappa shape index (κ3) is 1.78. The molecule has 2 heterocycles. The summed E-state index contributed by atoms with van der Waals surface area (Å²) in [6.07, 6.45) is 0. The third-order valence-corrected chi connectivity index (χ3v) is 4.31. The molecule has 0 N–H and O–H groups in total. The number of aromatic nitrogens is 1. The first-order valence-electron chi connectivity index (χ1n) is 7.44. The lowest BCUT2D eigenvalue weighted by Crippen LogP contribution is -2.11. The van der Waals surface area contributed by atoms with Crippen LogP contribution in [0.4, 0.5) is 0 Å². The zero-order valence-electron chi connectivity index (χ0n) is 12.9. The summed E-state index contributed by atoms with van der Waals surface area (Å²) in [6.45, 7) is 6.75. The molecule has 0 aliphatic carbocycles. The van der Waals surface area contributed by atoms with Gasteiger partial charge in [0.05, 0.1) is 5.69 Å². The lowest BCUT2D eigenvalue weighted by molar-refractivity contribution is 0.343. The summed E-state index contributed by atoms with van der Waals surface area (Å²) < 4.78 is 11.5. The summed E-state index contributed by atoms with van der Waals surface area (Å²) in [6, 6.07) is 12.6. The normalized spacial score (nSPS) is 14.1. The van der Waals surface area contributed by atoms with E-state index in [1.807, 2.05) is 19.9 Å². The number of rotatable bonds is 1. The number of nitrogens with zero attached hydrogens (tertiary/aromatic N) is 1. The number of fused-ring (bicyclic) bond motifs is 2. The first kappa shape index (κ1) is 13.1. The molecule has 0 spiro atoms. The Labute approximate surface area is 129 Å². The van der Waals surface area contributed by atoms with Gasteiger partial charge in [-0.2, -0.15) is 0 Å². The maximum Gasteiger partial charge on any atom is 0.173 e. The van der Waals surface area contributed by atoms with Gasteiger partial charge in [-0.05, 0) is 43.5 Å². The molecule has 4 rings (SSSR count). The molecule has 3 aromatic rings. The van der Waals surface area contributed by atoms with Crippen LogP contribution in [0.5, 0.6) is 5.75 Å². The van der Waals surface area contributed by atoms with Crippen molar-refractivity contribution in [2.45, 2.75) is 20.8 Å². The molecule has 3 heteroatoms. The van der Waals surface area contributed by atoms with E-state index < -0.39 is 0 Å². The molecule has 2 aromatic carbocycles. The SMILES string of the molecule is CC1=C(c2ccccc2)c2cc3c(C)noc3c(C)c2OC1. The van der Waals surface area contributed by atoms with Gasteiger partial charge in [-0.3, -0.25) is 0 Å². The van der Waals surface area contributed by atoms with Gasteiger partial charge in [0.2, 0.25) is 0 Å². The zero-order chi connectivity index (χ0) is 15.3. The second-order valence-electron chi connectivity index (χ2n) is 5.83. The van der Waals surface area contributed by atoms with E-state index in [0.717, 1.165) is 33.5 Å². The fraction of sp³-hybridized carbons (Fsp3) is 0.211. The van der Waals surface area contributed by atoms with Crippen molar-refractivity contribution in [1.82, 2.24) is 5.16 Å². The van der Waals surface area contributed by atoms with Crippen LogP contribution in [0.3, 0.4) is 0 Å². The predicted octanol–water partition coefficient (Wildman–Crippen LogP) is 4.66. The van der Waals surface area contributed by atoms with Crippen LogP contribution in [0, 0.1) is 13.8 Å². The average Bonchev–Trinajstić information content (AvgIpc) is 2.90. The zero-order valence-corrected chi connectivity index (χ0v) is 12.9. The summed E-state index contributed by atoms with van der Waals surface area (Å²) in [7, 11) is 0. The van der Waals surface area contributed by atoms with Gasteiger partial charge in [0.25, 0.3) is 0 Å². The van der Waals surface area contributed by atoms with Crippen molar-refractivity contribution >= 4 is 16.5 Å². The number of aryl methyl sites for hydroxylation is 2. The van der Waals surface area contributed by atoms with Crippen LogP contribution >= 0.6 is 0 Å². The highest BCUT2D eigenvalue weighted by molar-refractivity contribution is 5.95. The third-order valence-electron chi connectivity index (χ3n) is 4.31. The van der Waals surface area contributed by atoms with Crippen molar-refractivity contribution < 1.29 is 9.26 Å². The van der Waals surface area contributed by atoms with E-state index in [-0.39, 0.29) is 0 Å². The van der Waals surface area contributed by atoms with Gasteiger partial charge in [-0.25, -0.2) is 0 Å². The van der Waals surface area contributed by atoms with Gasteiger partial charge in [0.15, 0.2) is 5.58 Å². The van der Waals surface area contributed by atoms with E-state index in [2.05, 4.69) is 42.4 Å². The molecule has 1 aliphatic rings. The number of hydrogen-bond acceptors (Lipinski definition) is 3. The maximum atomic E-state index is 5.99. The van der Waals surface area contributed by atoms with E-state index >= 15 is 0 Å². The Kier molecular flexibility index (Phi) is 2.83. The van der Waals surface area contributed by atoms with Crippen molar-refractivity contribution in [2.75, 3.05) is 6.61 Å². The highest BCUT2D eigenvalue weighted by atomic mass is 16.5. The van der Waals surface area contributed by atoms with Crippen LogP contribution < -0.4 is 4.74 Å². The first-order valence-corrected chi connectivity index (χ1v) is 7.44. The van der Waals surface area contributed by atoms with Gasteiger partial charge in [0.1, 0.15) is 12.4 Å². The minimum Gasteiger partial charge on any atom is -0.488 e. The van der Waals surface area contributed by atoms with Gasteiger partial charge < -0.3 is 9.26 Å². The van der Waals surface area contributed by atoms with Crippen molar-refractivity contribution in [2.24, 2.45) is 0 Å². The minimum absolute atomic E-state index is 0.608. The lowest BCUT2D eigenvalue weighted by atomic mass is 9.89. The molecule has 0 amide bonds. The monoisotopic (exact) mass is 291 g/mol. The molecule has 0 atom stereocenters. The van der Waals surface area contributed by atoms with Crippen LogP contribution in [-0.4, -0.2) is 11.8 Å². The minimum atomic E-state index is 0.608. The van der Waals surface area contributed by atoms with Crippen LogP contribution in [0.2, 0.25) is 0 Å². The number of benzene rings is 2. The molecule has 0 radical (unpaired) electrons. The molecule has 0 saturated heterocycles. The lowest BCUT2D eigenvalue weighted by Gasteiger charge is -2.24. The molecule has 0 saturated carbocycles. The fourth-order valence-electron chi connectivity index (χ4n) is 3.19. The number of hydrogen-bond donors (Lipinski definition) is 0. The Bertz CT molecular complexity index is 904. The maximum absolute atomic E-state index is 5.99. The Morgan fingerprint density at radius 3 is 2.59 bits per heavy atom. The molecule has 3 nitrogen and oxygen atoms in total. The molecule has 0 unspecified atom stereocenters. The van der Waals surface area contributed by atoms with Crippen LogP contribution in [0.1, 0.15) is 29.3 Å². The quantitative estimate of drug-likeness (QED) is 0.654. The summed E-state index contributed by atoms with van der Waals surface area (Å²) in [4.78, 5) is 0. The molecule has 0 fully saturated rings. The Hall–Kier alpha value is -2.55. The Morgan fingerprint density at radius 1 is 1.05 bits per heavy atom. The molecule has 22 heavy (non-hydrogen) atoms. The van der Waals surface area contributed by atoms with Gasteiger partial charge >= 0.3 is 0 Å². The molecule has 0 bridgehead atoms. The predicted molar refractivity (Wildman–Crippen MR) is 87.1 cm³/mol. The molecular weight excluding hydrogens is 274 g/mol. The Balaban J connectivity index is 2.06. The largest absolute Gasteiger partial charge is 0.488 e. The summed E-state index contributed by atoms with van der Waals surface area (Å²) in [5, 5.41) is 5.16. The average molecular weight is 291 g/mol. The summed E-state index contributed by atoms with van der Waals surface area (Å²) in [5.74, 6) is 0.910. The molecule has 110 valence electrons. The van der Waals surface area contributed by atoms with Gasteiger partial charge in [0, 0.05) is 16.5 Å². The standard InChI is InChI=1S/C19H17NO2/c1-11-10-21-18-12(2)19-15(13(3)20-22-19)9-16(18)17(11)14-7-5-4-6-8-14/h4-9H,10H2,1-3H3. The van der Waals surface area contributed by atoms with E-state index in [9.17, 15) is 0 Å². The fourth-order valence-corrected chi connectivity index (χ4v) is 3.19. The van der Waals surface area contributed by atoms with Crippen LogP contribution in [0.25, 0.3) is 16.5 Å². The van der Waals surface area contributed by atoms with E-state index in [4.69, 9.17) is 9.26 Å². The molecular formula is C19H17NO2. The van der Waals surface area contributed by atoms with Crippen LogP contribution in [0.15, 0.2) is 46.5 Å². The highest BCUT2D eigenvalue weighted by Crippen LogP contribution is 2.42. The van der Waals surface area contributed by atoms with Crippen molar-refractivity contribution in [1.29, 1.82) is 0 Å². The topological polar surface area (TPSA) is 35.3 Å². The second-order valence-corrected chi connectivity index (χ2v) is 5.83. The van der Waals surface area contributed by atoms with Gasteiger partial charge in [-0.15, -0.1) is 0 Å². The summed E-state index contributed by atoms with van der Waals surface area (Å²) >= 11 is 0. The van der Waals surface area contributed by atoms with E-state index in [1.54, 1.807) is 0 Å². The Morgan fingerprint density at radius 2 is 1.82 bits per heavy atom. The van der Waals surface area contributed by atoms with Crippen LogP contribution in [-0.2, 0) is 0 Å². The summed E-state index contributed by atoms with van der Waals surface area (Å²) in [5.41, 5.74) is 7.61.